The number of hydrogen-bond acceptors (Lipinski definition) is 4. The molecule has 0 aliphatic carbocycles. The van der Waals surface area contributed by atoms with Crippen LogP contribution in [0.3, 0.4) is 0 Å². The Hall–Kier alpha value is -2.56. The Balaban J connectivity index is 2.35. The highest BCUT2D eigenvalue weighted by molar-refractivity contribution is 6.68. The maximum atomic E-state index is 13.9. The van der Waals surface area contributed by atoms with Gasteiger partial charge in [-0.15, -0.1) is 13.2 Å². The first-order valence-electron chi connectivity index (χ1n) is 6.37. The highest BCUT2D eigenvalue weighted by Crippen LogP contribution is 2.36. The molecule has 0 unspecified atom stereocenters. The highest BCUT2D eigenvalue weighted by Gasteiger charge is 2.39. The lowest BCUT2D eigenvalue weighted by molar-refractivity contribution is -0.274. The molecule has 0 N–H and O–H groups in total. The highest BCUT2D eigenvalue weighted by atomic mass is 35.5. The topological polar surface area (TPSA) is 48.4 Å². The van der Waals surface area contributed by atoms with Crippen molar-refractivity contribution in [3.05, 3.63) is 47.5 Å². The number of rotatable bonds is 4. The van der Waals surface area contributed by atoms with Gasteiger partial charge in [0.2, 0.25) is 0 Å². The maximum Gasteiger partial charge on any atom is 0.573 e. The molecule has 0 spiro atoms. The SMILES string of the molecule is O=C(Cl)c1c(Oc2ccc(OC(F)(F)F)cc2)cnc(C(F)(F)F)c1F. The van der Waals surface area contributed by atoms with Crippen LogP contribution in [0, 0.1) is 5.82 Å². The van der Waals surface area contributed by atoms with Crippen LogP contribution in [0.2, 0.25) is 0 Å². The van der Waals surface area contributed by atoms with E-state index in [1.54, 1.807) is 0 Å². The Bertz CT molecular complexity index is 819. The lowest BCUT2D eigenvalue weighted by Gasteiger charge is -2.13. The first kappa shape index (κ1) is 19.8. The van der Waals surface area contributed by atoms with Gasteiger partial charge >= 0.3 is 12.5 Å². The van der Waals surface area contributed by atoms with Crippen molar-refractivity contribution in [3.63, 3.8) is 0 Å². The molecule has 0 saturated heterocycles. The molecule has 1 aromatic heterocycles. The van der Waals surface area contributed by atoms with Gasteiger partial charge in [0.25, 0.3) is 5.24 Å². The number of pyridine rings is 1. The van der Waals surface area contributed by atoms with E-state index >= 15 is 0 Å². The zero-order chi connectivity index (χ0) is 19.7. The summed E-state index contributed by atoms with van der Waals surface area (Å²) < 4.78 is 96.6. The van der Waals surface area contributed by atoms with Gasteiger partial charge in [0.1, 0.15) is 17.1 Å². The Morgan fingerprint density at radius 1 is 1.00 bits per heavy atom. The maximum absolute atomic E-state index is 13.9. The van der Waals surface area contributed by atoms with Gasteiger partial charge in [0.15, 0.2) is 17.3 Å². The Morgan fingerprint density at radius 2 is 1.54 bits per heavy atom. The quantitative estimate of drug-likeness (QED) is 0.513. The van der Waals surface area contributed by atoms with E-state index in [1.165, 1.54) is 0 Å². The van der Waals surface area contributed by atoms with Crippen LogP contribution in [0.5, 0.6) is 17.2 Å². The number of benzene rings is 1. The molecule has 2 aromatic rings. The van der Waals surface area contributed by atoms with Gasteiger partial charge in [-0.05, 0) is 35.9 Å². The second-order valence-corrected chi connectivity index (χ2v) is 4.90. The third-order valence-corrected chi connectivity index (χ3v) is 2.92. The smallest absolute Gasteiger partial charge is 0.455 e. The van der Waals surface area contributed by atoms with Gasteiger partial charge in [-0.2, -0.15) is 13.2 Å². The molecule has 26 heavy (non-hydrogen) atoms. The predicted octanol–water partition coefficient (Wildman–Crippen LogP) is 5.31. The largest absolute Gasteiger partial charge is 0.573 e. The van der Waals surface area contributed by atoms with Crippen molar-refractivity contribution in [2.75, 3.05) is 0 Å². The minimum atomic E-state index is -5.18. The van der Waals surface area contributed by atoms with Crippen molar-refractivity contribution in [1.29, 1.82) is 0 Å². The van der Waals surface area contributed by atoms with Crippen LogP contribution in [-0.2, 0) is 6.18 Å². The van der Waals surface area contributed by atoms with Crippen molar-refractivity contribution in [2.45, 2.75) is 12.5 Å². The summed E-state index contributed by atoms with van der Waals surface area (Å²) in [7, 11) is 0. The molecule has 4 nitrogen and oxygen atoms in total. The number of carbonyl (C=O) groups is 1. The van der Waals surface area contributed by atoms with Crippen molar-refractivity contribution < 1.29 is 45.0 Å². The van der Waals surface area contributed by atoms with E-state index in [0.717, 1.165) is 24.3 Å². The van der Waals surface area contributed by atoms with Crippen LogP contribution >= 0.6 is 11.6 Å². The molecule has 0 fully saturated rings. The summed E-state index contributed by atoms with van der Waals surface area (Å²) in [4.78, 5) is 14.1. The molecule has 140 valence electrons. The number of carbonyl (C=O) groups excluding carboxylic acids is 1. The van der Waals surface area contributed by atoms with Crippen LogP contribution < -0.4 is 9.47 Å². The minimum Gasteiger partial charge on any atom is -0.455 e. The van der Waals surface area contributed by atoms with Crippen molar-refractivity contribution >= 4 is 16.8 Å². The lowest BCUT2D eigenvalue weighted by Crippen LogP contribution is -2.17. The minimum absolute atomic E-state index is 0.236. The summed E-state index contributed by atoms with van der Waals surface area (Å²) in [6, 6.07) is 3.55. The number of nitrogens with zero attached hydrogens (tertiary/aromatic N) is 1. The van der Waals surface area contributed by atoms with Crippen LogP contribution in [-0.4, -0.2) is 16.6 Å². The molecule has 0 bridgehead atoms. The summed E-state index contributed by atoms with van der Waals surface area (Å²) in [5.74, 6) is -3.62. The molecule has 0 aliphatic rings. The van der Waals surface area contributed by atoms with Gasteiger partial charge in [-0.25, -0.2) is 9.37 Å². The van der Waals surface area contributed by atoms with E-state index in [-0.39, 0.29) is 5.75 Å². The molecule has 0 aliphatic heterocycles. The van der Waals surface area contributed by atoms with Crippen LogP contribution in [0.15, 0.2) is 30.5 Å². The molecule has 12 heteroatoms. The Morgan fingerprint density at radius 3 is 2.00 bits per heavy atom. The fourth-order valence-electron chi connectivity index (χ4n) is 1.77. The average Bonchev–Trinajstić information content (AvgIpc) is 2.46. The number of alkyl halides is 6. The summed E-state index contributed by atoms with van der Waals surface area (Å²) in [5, 5.41) is -1.58. The van der Waals surface area contributed by atoms with Gasteiger partial charge in [-0.3, -0.25) is 4.79 Å². The molecule has 1 aromatic carbocycles. The molecule has 1 heterocycles. The fraction of sp³-hybridized carbons (Fsp3) is 0.143. The van der Waals surface area contributed by atoms with Crippen molar-refractivity contribution in [1.82, 2.24) is 4.98 Å². The molecular formula is C14H5ClF7NO3. The molecular weight excluding hydrogens is 399 g/mol. The predicted molar refractivity (Wildman–Crippen MR) is 72.6 cm³/mol. The summed E-state index contributed by atoms with van der Waals surface area (Å²) in [6.45, 7) is 0. The van der Waals surface area contributed by atoms with Crippen LogP contribution in [0.1, 0.15) is 16.1 Å². The van der Waals surface area contributed by atoms with E-state index in [9.17, 15) is 35.5 Å². The third-order valence-electron chi connectivity index (χ3n) is 2.73. The zero-order valence-electron chi connectivity index (χ0n) is 12.1. The summed E-state index contributed by atoms with van der Waals surface area (Å²) >= 11 is 5.10. The number of aromatic nitrogens is 1. The average molecular weight is 404 g/mol. The fourth-order valence-corrected chi connectivity index (χ4v) is 1.94. The first-order chi connectivity index (χ1) is 11.9. The lowest BCUT2D eigenvalue weighted by atomic mass is 10.2. The molecule has 2 rings (SSSR count). The van der Waals surface area contributed by atoms with E-state index < -0.39 is 46.4 Å². The zero-order valence-corrected chi connectivity index (χ0v) is 12.8. The van der Waals surface area contributed by atoms with Crippen molar-refractivity contribution in [3.8, 4) is 17.2 Å². The van der Waals surface area contributed by atoms with Crippen molar-refractivity contribution in [2.24, 2.45) is 0 Å². The van der Waals surface area contributed by atoms with E-state index in [4.69, 9.17) is 16.3 Å². The second kappa shape index (κ2) is 6.98. The number of hydrogen-bond donors (Lipinski definition) is 0. The van der Waals surface area contributed by atoms with E-state index in [0.29, 0.717) is 6.20 Å². The van der Waals surface area contributed by atoms with E-state index in [1.807, 2.05) is 0 Å². The molecule has 0 radical (unpaired) electrons. The van der Waals surface area contributed by atoms with Gasteiger partial charge in [-0.1, -0.05) is 0 Å². The van der Waals surface area contributed by atoms with Gasteiger partial charge < -0.3 is 9.47 Å². The molecule has 0 atom stereocenters. The molecule has 0 amide bonds. The second-order valence-electron chi connectivity index (χ2n) is 4.55. The van der Waals surface area contributed by atoms with Crippen LogP contribution in [0.4, 0.5) is 30.7 Å². The third kappa shape index (κ3) is 4.75. The first-order valence-corrected chi connectivity index (χ1v) is 6.75. The molecule has 0 saturated carbocycles. The summed E-state index contributed by atoms with van der Waals surface area (Å²) in [6.07, 6.45) is -9.69. The standard InChI is InChI=1S/C14H5ClF7NO3/c15-12(24)9-8(5-23-11(10(9)16)13(17,18)19)25-6-1-3-7(4-2-6)26-14(20,21)22/h1-5H. The number of ether oxygens (including phenoxy) is 2. The monoisotopic (exact) mass is 403 g/mol. The Kier molecular flexibility index (Phi) is 5.31. The Labute approximate surface area is 145 Å². The van der Waals surface area contributed by atoms with Gasteiger partial charge in [0.05, 0.1) is 6.20 Å². The number of halogens is 8. The summed E-state index contributed by atoms with van der Waals surface area (Å²) in [5.41, 5.74) is -3.19. The van der Waals surface area contributed by atoms with Crippen LogP contribution in [0.25, 0.3) is 0 Å². The normalized spacial score (nSPS) is 12.0. The van der Waals surface area contributed by atoms with Gasteiger partial charge in [0, 0.05) is 0 Å². The van der Waals surface area contributed by atoms with E-state index in [2.05, 4.69) is 9.72 Å².